The summed E-state index contributed by atoms with van der Waals surface area (Å²) >= 11 is 5.03. The molecule has 0 aliphatic heterocycles. The molecule has 0 unspecified atom stereocenters. The Morgan fingerprint density at radius 3 is 2.58 bits per heavy atom. The zero-order chi connectivity index (χ0) is 9.61. The molecule has 0 bridgehead atoms. The molecule has 0 spiro atoms. The standard InChI is InChI=1S/C8H16I2OSi/c1-7(2)6-11-5-3-4-8(9,10)12/h1,3-6H2,2,12H3. The van der Waals surface area contributed by atoms with E-state index in [0.717, 1.165) is 18.8 Å². The highest BCUT2D eigenvalue weighted by molar-refractivity contribution is 14.2. The summed E-state index contributed by atoms with van der Waals surface area (Å²) in [6.07, 6.45) is 2.43. The first-order valence-electron chi connectivity index (χ1n) is 4.02. The first kappa shape index (κ1) is 13.4. The Kier molecular flexibility index (Phi) is 7.55. The van der Waals surface area contributed by atoms with Gasteiger partial charge in [0.1, 0.15) is 0 Å². The van der Waals surface area contributed by atoms with Gasteiger partial charge < -0.3 is 4.74 Å². The van der Waals surface area contributed by atoms with Crippen LogP contribution in [0.2, 0.25) is 0 Å². The minimum absolute atomic E-state index is 0.516. The fourth-order valence-electron chi connectivity index (χ4n) is 0.731. The third-order valence-corrected chi connectivity index (χ3v) is 2.83. The van der Waals surface area contributed by atoms with Crippen LogP contribution in [-0.2, 0) is 4.74 Å². The Balaban J connectivity index is 3.17. The number of hydrogen-bond donors (Lipinski definition) is 0. The van der Waals surface area contributed by atoms with Crippen molar-refractivity contribution in [2.45, 2.75) is 20.8 Å². The molecule has 0 aliphatic carbocycles. The summed E-state index contributed by atoms with van der Waals surface area (Å²) in [5.41, 5.74) is 1.11. The molecule has 0 heterocycles. The molecule has 0 aliphatic rings. The number of hydrogen-bond acceptors (Lipinski definition) is 1. The Labute approximate surface area is 105 Å². The van der Waals surface area contributed by atoms with Crippen LogP contribution >= 0.6 is 45.2 Å². The summed E-state index contributed by atoms with van der Waals surface area (Å²) in [6, 6.07) is 0. The fourth-order valence-corrected chi connectivity index (χ4v) is 1.85. The maximum atomic E-state index is 5.40. The summed E-state index contributed by atoms with van der Waals surface area (Å²) in [6.45, 7) is 7.37. The van der Waals surface area contributed by atoms with Gasteiger partial charge in [-0.25, -0.2) is 0 Å². The van der Waals surface area contributed by atoms with Crippen LogP contribution in [0.5, 0.6) is 0 Å². The smallest absolute Gasteiger partial charge is 0.0671 e. The quantitative estimate of drug-likeness (QED) is 0.215. The molecule has 0 rings (SSSR count). The van der Waals surface area contributed by atoms with E-state index in [-0.39, 0.29) is 0 Å². The predicted molar refractivity (Wildman–Crippen MR) is 75.6 cm³/mol. The van der Waals surface area contributed by atoms with Gasteiger partial charge in [-0.1, -0.05) is 57.3 Å². The van der Waals surface area contributed by atoms with E-state index in [1.165, 1.54) is 23.1 Å². The number of ether oxygens (including phenoxy) is 1. The first-order valence-corrected chi connectivity index (χ1v) is 7.17. The van der Waals surface area contributed by atoms with Crippen LogP contribution in [0.15, 0.2) is 12.2 Å². The number of rotatable bonds is 6. The largest absolute Gasteiger partial charge is 0.377 e. The van der Waals surface area contributed by atoms with Crippen molar-refractivity contribution in [1.82, 2.24) is 0 Å². The van der Waals surface area contributed by atoms with Crippen molar-refractivity contribution in [3.05, 3.63) is 12.2 Å². The molecule has 4 heteroatoms. The highest BCUT2D eigenvalue weighted by atomic mass is 127. The van der Waals surface area contributed by atoms with Crippen molar-refractivity contribution in [3.8, 4) is 0 Å². The van der Waals surface area contributed by atoms with E-state index in [1.54, 1.807) is 0 Å². The molecule has 0 amide bonds. The summed E-state index contributed by atoms with van der Waals surface area (Å²) < 4.78 is 5.92. The molecule has 0 atom stereocenters. The van der Waals surface area contributed by atoms with Crippen LogP contribution < -0.4 is 0 Å². The molecule has 0 aromatic carbocycles. The van der Waals surface area contributed by atoms with Gasteiger partial charge in [0, 0.05) is 16.8 Å². The second kappa shape index (κ2) is 6.78. The Morgan fingerprint density at radius 1 is 1.58 bits per heavy atom. The monoisotopic (exact) mass is 410 g/mol. The van der Waals surface area contributed by atoms with Gasteiger partial charge in [-0.15, -0.1) is 0 Å². The lowest BCUT2D eigenvalue weighted by Gasteiger charge is -2.13. The van der Waals surface area contributed by atoms with Crippen molar-refractivity contribution in [3.63, 3.8) is 0 Å². The normalized spacial score (nSPS) is 11.9. The molecule has 0 saturated heterocycles. The Morgan fingerprint density at radius 2 is 2.17 bits per heavy atom. The molecule has 72 valence electrons. The molecule has 0 fully saturated rings. The third kappa shape index (κ3) is 11.4. The molecule has 12 heavy (non-hydrogen) atoms. The third-order valence-electron chi connectivity index (χ3n) is 1.25. The van der Waals surface area contributed by atoms with Gasteiger partial charge in [-0.3, -0.25) is 0 Å². The van der Waals surface area contributed by atoms with Gasteiger partial charge in [0.15, 0.2) is 0 Å². The maximum absolute atomic E-state index is 5.40. The van der Waals surface area contributed by atoms with Crippen molar-refractivity contribution in [2.75, 3.05) is 13.2 Å². The van der Waals surface area contributed by atoms with Gasteiger partial charge in [0.2, 0.25) is 0 Å². The summed E-state index contributed by atoms with van der Waals surface area (Å²) in [5.74, 6) is 0. The van der Waals surface area contributed by atoms with Crippen LogP contribution in [0.3, 0.4) is 0 Å². The van der Waals surface area contributed by atoms with Crippen LogP contribution in [-0.4, -0.2) is 24.5 Å². The van der Waals surface area contributed by atoms with Crippen molar-refractivity contribution in [2.24, 2.45) is 0 Å². The zero-order valence-corrected chi connectivity index (χ0v) is 14.0. The average molecular weight is 410 g/mol. The second-order valence-corrected chi connectivity index (χ2v) is 15.8. The average Bonchev–Trinajstić information content (AvgIpc) is 1.83. The lowest BCUT2D eigenvalue weighted by molar-refractivity contribution is 0.153. The van der Waals surface area contributed by atoms with E-state index in [9.17, 15) is 0 Å². The maximum Gasteiger partial charge on any atom is 0.0671 e. The lowest BCUT2D eigenvalue weighted by Crippen LogP contribution is -2.11. The minimum atomic E-state index is 0.516. The molecular weight excluding hydrogens is 394 g/mol. The van der Waals surface area contributed by atoms with Crippen LogP contribution in [0.25, 0.3) is 0 Å². The Hall–Kier alpha value is 1.38. The molecule has 0 aromatic heterocycles. The molecule has 0 radical (unpaired) electrons. The lowest BCUT2D eigenvalue weighted by atomic mass is 10.3. The fraction of sp³-hybridized carbons (Fsp3) is 0.750. The predicted octanol–water partition coefficient (Wildman–Crippen LogP) is 2.25. The molecule has 0 N–H and O–H groups in total. The topological polar surface area (TPSA) is 9.23 Å². The van der Waals surface area contributed by atoms with E-state index in [1.807, 2.05) is 6.92 Å². The van der Waals surface area contributed by atoms with E-state index in [4.69, 9.17) is 4.74 Å². The second-order valence-electron chi connectivity index (χ2n) is 3.18. The van der Waals surface area contributed by atoms with E-state index < -0.39 is 0 Å². The Bertz CT molecular complexity index is 142. The summed E-state index contributed by atoms with van der Waals surface area (Å²) in [5, 5.41) is 0. The van der Waals surface area contributed by atoms with E-state index in [0.29, 0.717) is 1.05 Å². The van der Waals surface area contributed by atoms with Gasteiger partial charge in [-0.05, 0) is 19.8 Å². The molecule has 0 aromatic rings. The van der Waals surface area contributed by atoms with E-state index >= 15 is 0 Å². The van der Waals surface area contributed by atoms with Gasteiger partial charge in [-0.2, -0.15) is 0 Å². The van der Waals surface area contributed by atoms with Gasteiger partial charge >= 0.3 is 0 Å². The van der Waals surface area contributed by atoms with Gasteiger partial charge in [0.05, 0.1) is 7.66 Å². The molecule has 0 saturated carbocycles. The first-order chi connectivity index (χ1) is 5.42. The molecular formula is C8H16I2OSi. The highest BCUT2D eigenvalue weighted by Gasteiger charge is 2.13. The zero-order valence-electron chi connectivity index (χ0n) is 7.70. The van der Waals surface area contributed by atoms with Crippen LogP contribution in [0.4, 0.5) is 0 Å². The number of alkyl halides is 2. The van der Waals surface area contributed by atoms with Crippen molar-refractivity contribution in [1.29, 1.82) is 0 Å². The van der Waals surface area contributed by atoms with E-state index in [2.05, 4.69) is 51.8 Å². The van der Waals surface area contributed by atoms with Crippen molar-refractivity contribution >= 4 is 55.4 Å². The van der Waals surface area contributed by atoms with Crippen LogP contribution in [0, 0.1) is 0 Å². The van der Waals surface area contributed by atoms with Gasteiger partial charge in [0.25, 0.3) is 0 Å². The molecule has 1 nitrogen and oxygen atoms in total. The summed E-state index contributed by atoms with van der Waals surface area (Å²) in [4.78, 5) is 0. The minimum Gasteiger partial charge on any atom is -0.377 e. The summed E-state index contributed by atoms with van der Waals surface area (Å²) in [7, 11) is 1.24. The van der Waals surface area contributed by atoms with Crippen LogP contribution in [0.1, 0.15) is 19.8 Å². The number of halogens is 2. The van der Waals surface area contributed by atoms with Crippen molar-refractivity contribution < 1.29 is 4.74 Å². The highest BCUT2D eigenvalue weighted by Crippen LogP contribution is 2.28. The SMILES string of the molecule is C=C(C)COCCCC([SiH3])(I)I.